The molecule has 1 heterocycles. The molecule has 0 bridgehead atoms. The molecule has 0 aromatic heterocycles. The summed E-state index contributed by atoms with van der Waals surface area (Å²) < 4.78 is 5.66. The highest BCUT2D eigenvalue weighted by molar-refractivity contribution is 5.76. The fraction of sp³-hybridized carbons (Fsp3) is 0.980. The highest BCUT2D eigenvalue weighted by Crippen LogP contribution is 2.26. The minimum Gasteiger partial charge on any atom is -0.394 e. The van der Waals surface area contributed by atoms with E-state index in [4.69, 9.17) is 4.74 Å². The maximum atomic E-state index is 13.1. The summed E-state index contributed by atoms with van der Waals surface area (Å²) in [4.78, 5) is 13.1. The predicted molar refractivity (Wildman–Crippen MR) is 249 cm³/mol. The van der Waals surface area contributed by atoms with Gasteiger partial charge in [0.2, 0.25) is 5.91 Å². The molecule has 1 fully saturated rings. The second kappa shape index (κ2) is 40.9. The Balaban J connectivity index is 2.30. The minimum atomic E-state index is -1.40. The predicted octanol–water partition coefficient (Wildman–Crippen LogP) is 11.3. The number of ether oxygens (including phenoxy) is 1. The third kappa shape index (κ3) is 30.3. The molecule has 7 N–H and O–H groups in total. The van der Waals surface area contributed by atoms with Crippen LogP contribution in [0.3, 0.4) is 0 Å². The first-order valence-electron chi connectivity index (χ1n) is 26.2. The number of aliphatic hydroxyl groups excluding tert-OH is 6. The van der Waals surface area contributed by atoms with Gasteiger partial charge in [0.05, 0.1) is 31.0 Å². The molecular weight excluding hydrogens is 755 g/mol. The van der Waals surface area contributed by atoms with Gasteiger partial charge in [-0.1, -0.05) is 232 Å². The van der Waals surface area contributed by atoms with Gasteiger partial charge in [0.25, 0.3) is 0 Å². The summed E-state index contributed by atoms with van der Waals surface area (Å²) in [6.07, 6.45) is 37.7. The van der Waals surface area contributed by atoms with E-state index in [-0.39, 0.29) is 5.91 Å². The van der Waals surface area contributed by atoms with E-state index in [1.165, 1.54) is 173 Å². The van der Waals surface area contributed by atoms with E-state index in [0.29, 0.717) is 38.5 Å². The Hall–Kier alpha value is -0.810. The molecule has 1 saturated heterocycles. The smallest absolute Gasteiger partial charge is 0.220 e. The number of rotatable bonds is 44. The van der Waals surface area contributed by atoms with Crippen molar-refractivity contribution in [2.24, 2.45) is 0 Å². The second-order valence-corrected chi connectivity index (χ2v) is 18.9. The quantitative estimate of drug-likeness (QED) is 0.0298. The molecule has 0 unspecified atom stereocenters. The average molecular weight is 856 g/mol. The van der Waals surface area contributed by atoms with Crippen LogP contribution in [0.4, 0.5) is 0 Å². The van der Waals surface area contributed by atoms with Crippen molar-refractivity contribution in [3.8, 4) is 0 Å². The van der Waals surface area contributed by atoms with Crippen LogP contribution < -0.4 is 5.32 Å². The van der Waals surface area contributed by atoms with Gasteiger partial charge in [0, 0.05) is 6.42 Å². The zero-order valence-corrected chi connectivity index (χ0v) is 39.4. The van der Waals surface area contributed by atoms with Crippen molar-refractivity contribution in [3.63, 3.8) is 0 Å². The van der Waals surface area contributed by atoms with E-state index >= 15 is 0 Å². The average Bonchev–Trinajstić information content (AvgIpc) is 3.25. The van der Waals surface area contributed by atoms with Crippen LogP contribution in [0.1, 0.15) is 264 Å². The lowest BCUT2D eigenvalue weighted by Crippen LogP contribution is -2.58. The first-order valence-corrected chi connectivity index (χ1v) is 26.2. The molecule has 1 aliphatic heterocycles. The van der Waals surface area contributed by atoms with Crippen molar-refractivity contribution in [1.82, 2.24) is 5.32 Å². The van der Waals surface area contributed by atoms with Crippen molar-refractivity contribution in [2.45, 2.75) is 313 Å². The number of carbonyl (C=O) groups is 1. The molecule has 0 aliphatic carbocycles. The topological polar surface area (TPSA) is 160 Å². The van der Waals surface area contributed by atoms with Crippen LogP contribution in [-0.2, 0) is 9.53 Å². The maximum absolute atomic E-state index is 13.1. The summed E-state index contributed by atoms with van der Waals surface area (Å²) in [6, 6.07) is -0.588. The minimum absolute atomic E-state index is 0.0941. The number of hydrogen-bond donors (Lipinski definition) is 7. The normalized spacial score (nSPS) is 21.0. The molecule has 9 nitrogen and oxygen atoms in total. The monoisotopic (exact) mass is 856 g/mol. The molecule has 0 aromatic rings. The van der Waals surface area contributed by atoms with Crippen molar-refractivity contribution in [2.75, 3.05) is 6.61 Å². The highest BCUT2D eigenvalue weighted by Gasteiger charge is 2.43. The van der Waals surface area contributed by atoms with E-state index in [1.807, 2.05) is 0 Å². The SMILES string of the molecule is CCCCCCCCCCCCCCCCCCCCCCCC(=O)N[C@@H](CCCC[C@H]1O[C@H](CO)[C@H](O)[C@H](O)[C@H]1O)[C@H](O)[C@H](O)CCCCCCCCCCCCCC. The molecule has 9 heteroatoms. The third-order valence-corrected chi connectivity index (χ3v) is 13.3. The van der Waals surface area contributed by atoms with Crippen LogP contribution >= 0.6 is 0 Å². The summed E-state index contributed by atoms with van der Waals surface area (Å²) in [5.74, 6) is -0.0941. The Morgan fingerprint density at radius 1 is 0.467 bits per heavy atom. The number of amides is 1. The van der Waals surface area contributed by atoms with Crippen LogP contribution in [0.5, 0.6) is 0 Å². The Morgan fingerprint density at radius 2 is 0.817 bits per heavy atom. The number of hydrogen-bond acceptors (Lipinski definition) is 8. The molecule has 1 aliphatic rings. The summed E-state index contributed by atoms with van der Waals surface area (Å²) in [5.41, 5.74) is 0. The van der Waals surface area contributed by atoms with Gasteiger partial charge in [-0.05, 0) is 25.7 Å². The molecule has 0 aromatic carbocycles. The van der Waals surface area contributed by atoms with Crippen LogP contribution in [0.15, 0.2) is 0 Å². The van der Waals surface area contributed by atoms with Crippen molar-refractivity contribution in [3.05, 3.63) is 0 Å². The first kappa shape index (κ1) is 57.2. The summed E-state index contributed by atoms with van der Waals surface area (Å²) >= 11 is 0. The van der Waals surface area contributed by atoms with E-state index in [0.717, 1.165) is 38.5 Å². The first-order chi connectivity index (χ1) is 29.3. The van der Waals surface area contributed by atoms with Gasteiger partial charge in [-0.3, -0.25) is 4.79 Å². The third-order valence-electron chi connectivity index (χ3n) is 13.3. The second-order valence-electron chi connectivity index (χ2n) is 18.9. The lowest BCUT2D eigenvalue weighted by atomic mass is 9.91. The molecule has 1 amide bonds. The zero-order chi connectivity index (χ0) is 43.9. The Morgan fingerprint density at radius 3 is 1.22 bits per heavy atom. The van der Waals surface area contributed by atoms with Crippen molar-refractivity contribution in [1.29, 1.82) is 0 Å². The number of nitrogens with one attached hydrogen (secondary N) is 1. The van der Waals surface area contributed by atoms with Gasteiger partial charge in [0.15, 0.2) is 0 Å². The Kier molecular flexibility index (Phi) is 39.0. The van der Waals surface area contributed by atoms with Gasteiger partial charge >= 0.3 is 0 Å². The number of unbranched alkanes of at least 4 members (excludes halogenated alkanes) is 32. The lowest BCUT2D eigenvalue weighted by Gasteiger charge is -2.40. The van der Waals surface area contributed by atoms with Crippen LogP contribution in [0, 0.1) is 0 Å². The van der Waals surface area contributed by atoms with Crippen LogP contribution in [0.2, 0.25) is 0 Å². The van der Waals surface area contributed by atoms with Gasteiger partial charge in [-0.25, -0.2) is 0 Å². The number of carbonyl (C=O) groups excluding carboxylic acids is 1. The molecule has 1 rings (SSSR count). The Labute approximate surface area is 370 Å². The summed E-state index contributed by atoms with van der Waals surface area (Å²) in [6.45, 7) is 4.07. The van der Waals surface area contributed by atoms with Crippen molar-refractivity contribution < 1.29 is 40.2 Å². The van der Waals surface area contributed by atoms with Crippen molar-refractivity contribution >= 4 is 5.91 Å². The largest absolute Gasteiger partial charge is 0.394 e. The van der Waals surface area contributed by atoms with Gasteiger partial charge in [0.1, 0.15) is 24.4 Å². The van der Waals surface area contributed by atoms with Gasteiger partial charge in [-0.2, -0.15) is 0 Å². The van der Waals surface area contributed by atoms with Crippen LogP contribution in [-0.4, -0.2) is 91.9 Å². The standard InChI is InChI=1S/C51H101NO8/c1-3-5-7-9-11-13-15-17-18-19-20-21-22-23-24-25-27-29-31-33-35-41-47(55)52-43(38-36-37-40-45-49(57)51(59)50(58)46(42-53)60-45)48(56)44(54)39-34-32-30-28-26-16-14-12-10-8-6-4-2/h43-46,48-51,53-54,56-59H,3-42H2,1-2H3,(H,52,55)/t43-,44+,45+,46+,48-,49-,50-,51+/m0/s1. The Bertz CT molecular complexity index is 924. The maximum Gasteiger partial charge on any atom is 0.220 e. The molecule has 358 valence electrons. The van der Waals surface area contributed by atoms with Gasteiger partial charge < -0.3 is 40.7 Å². The van der Waals surface area contributed by atoms with E-state index in [9.17, 15) is 35.4 Å². The molecule has 0 radical (unpaired) electrons. The number of aliphatic hydroxyl groups is 6. The summed E-state index contributed by atoms with van der Waals surface area (Å²) in [5, 5.41) is 65.5. The van der Waals surface area contributed by atoms with E-state index < -0.39 is 55.4 Å². The lowest BCUT2D eigenvalue weighted by molar-refractivity contribution is -0.230. The fourth-order valence-electron chi connectivity index (χ4n) is 9.09. The van der Waals surface area contributed by atoms with E-state index in [1.54, 1.807) is 0 Å². The molecule has 8 atom stereocenters. The zero-order valence-electron chi connectivity index (χ0n) is 39.4. The molecule has 60 heavy (non-hydrogen) atoms. The summed E-state index contributed by atoms with van der Waals surface area (Å²) in [7, 11) is 0. The highest BCUT2D eigenvalue weighted by atomic mass is 16.5. The van der Waals surface area contributed by atoms with Crippen LogP contribution in [0.25, 0.3) is 0 Å². The molecule has 0 spiro atoms. The molecule has 0 saturated carbocycles. The molecular formula is C51H101NO8. The van der Waals surface area contributed by atoms with Gasteiger partial charge in [-0.15, -0.1) is 0 Å². The fourth-order valence-corrected chi connectivity index (χ4v) is 9.09. The van der Waals surface area contributed by atoms with E-state index in [2.05, 4.69) is 19.2 Å².